The number of rotatable bonds is 0. The van der Waals surface area contributed by atoms with Crippen molar-refractivity contribution >= 4 is 0 Å². The van der Waals surface area contributed by atoms with Crippen LogP contribution in [0.5, 0.6) is 0 Å². The lowest BCUT2D eigenvalue weighted by molar-refractivity contribution is -0.318. The second-order valence-corrected chi connectivity index (χ2v) is 6.40. The fraction of sp³-hybridized carbons (Fsp3) is 1.00. The van der Waals surface area contributed by atoms with Crippen LogP contribution in [-0.4, -0.2) is 47.7 Å². The molecule has 1 N–H and O–H groups in total. The summed E-state index contributed by atoms with van der Waals surface area (Å²) >= 11 is 0. The molecular formula is C13H22O5. The van der Waals surface area contributed by atoms with Crippen molar-refractivity contribution in [3.8, 4) is 0 Å². The van der Waals surface area contributed by atoms with Crippen molar-refractivity contribution in [3.63, 3.8) is 0 Å². The van der Waals surface area contributed by atoms with Crippen molar-refractivity contribution in [3.05, 3.63) is 0 Å². The number of ether oxygens (including phenoxy) is 4. The number of fused-ring (bicyclic) bond motifs is 2. The third-order valence-electron chi connectivity index (χ3n) is 4.00. The summed E-state index contributed by atoms with van der Waals surface area (Å²) < 4.78 is 23.2. The van der Waals surface area contributed by atoms with Crippen molar-refractivity contribution in [2.75, 3.05) is 6.61 Å². The van der Waals surface area contributed by atoms with E-state index in [2.05, 4.69) is 0 Å². The molecule has 0 aromatic heterocycles. The van der Waals surface area contributed by atoms with Crippen LogP contribution in [0.1, 0.15) is 34.1 Å². The van der Waals surface area contributed by atoms with Crippen LogP contribution in [-0.2, 0) is 18.9 Å². The van der Waals surface area contributed by atoms with Crippen LogP contribution in [0.25, 0.3) is 0 Å². The summed E-state index contributed by atoms with van der Waals surface area (Å²) in [5.41, 5.74) is 0. The fourth-order valence-corrected chi connectivity index (χ4v) is 3.24. The minimum atomic E-state index is -0.625. The molecule has 0 radical (unpaired) electrons. The summed E-state index contributed by atoms with van der Waals surface area (Å²) in [6.45, 7) is 8.06. The van der Waals surface area contributed by atoms with E-state index in [0.717, 1.165) is 6.42 Å². The third kappa shape index (κ3) is 2.08. The highest BCUT2D eigenvalue weighted by atomic mass is 16.8. The Kier molecular flexibility index (Phi) is 2.78. The van der Waals surface area contributed by atoms with Crippen LogP contribution < -0.4 is 0 Å². The second kappa shape index (κ2) is 3.90. The maximum absolute atomic E-state index is 10.4. The van der Waals surface area contributed by atoms with Crippen molar-refractivity contribution in [1.29, 1.82) is 0 Å². The predicted molar refractivity (Wildman–Crippen MR) is 62.8 cm³/mol. The Bertz CT molecular complexity index is 340. The summed E-state index contributed by atoms with van der Waals surface area (Å²) in [4.78, 5) is 0. The van der Waals surface area contributed by atoms with Crippen LogP contribution in [0, 0.1) is 5.92 Å². The molecule has 3 aliphatic rings. The molecule has 5 nitrogen and oxygen atoms in total. The summed E-state index contributed by atoms with van der Waals surface area (Å²) in [7, 11) is 0. The van der Waals surface area contributed by atoms with Gasteiger partial charge in [-0.25, -0.2) is 0 Å². The van der Waals surface area contributed by atoms with E-state index in [1.54, 1.807) is 0 Å². The molecule has 0 unspecified atom stereocenters. The Hall–Kier alpha value is -0.200. The Morgan fingerprint density at radius 2 is 1.61 bits per heavy atom. The third-order valence-corrected chi connectivity index (χ3v) is 4.00. The number of aliphatic hydroxyl groups is 1. The van der Waals surface area contributed by atoms with Gasteiger partial charge < -0.3 is 24.1 Å². The van der Waals surface area contributed by atoms with Gasteiger partial charge in [0.1, 0.15) is 6.10 Å². The van der Waals surface area contributed by atoms with Gasteiger partial charge in [-0.05, 0) is 27.7 Å². The highest BCUT2D eigenvalue weighted by Crippen LogP contribution is 2.43. The SMILES string of the molecule is CC1(C)OC[C@H]2[C@@H](O)[C@H]3OC(C)(C)O[C@H]3C[C@@H]2O1. The summed E-state index contributed by atoms with van der Waals surface area (Å²) in [5, 5.41) is 10.4. The topological polar surface area (TPSA) is 57.2 Å². The Labute approximate surface area is 107 Å². The van der Waals surface area contributed by atoms with Gasteiger partial charge in [-0.15, -0.1) is 0 Å². The summed E-state index contributed by atoms with van der Waals surface area (Å²) in [6, 6.07) is 0. The monoisotopic (exact) mass is 258 g/mol. The highest BCUT2D eigenvalue weighted by molar-refractivity contribution is 5.00. The molecule has 3 rings (SSSR count). The average molecular weight is 258 g/mol. The molecule has 2 aliphatic heterocycles. The molecular weight excluding hydrogens is 236 g/mol. The van der Waals surface area contributed by atoms with E-state index < -0.39 is 17.7 Å². The molecule has 0 amide bonds. The minimum Gasteiger partial charge on any atom is -0.390 e. The number of hydrogen-bond donors (Lipinski definition) is 1. The Balaban J connectivity index is 1.79. The molecule has 0 spiro atoms. The summed E-state index contributed by atoms with van der Waals surface area (Å²) in [5.74, 6) is -1.24. The van der Waals surface area contributed by atoms with Crippen LogP contribution in [0.2, 0.25) is 0 Å². The van der Waals surface area contributed by atoms with Crippen LogP contribution in [0.3, 0.4) is 0 Å². The second-order valence-electron chi connectivity index (χ2n) is 6.40. The quantitative estimate of drug-likeness (QED) is 0.703. The summed E-state index contributed by atoms with van der Waals surface area (Å²) in [6.07, 6.45) is -0.225. The standard InChI is InChI=1S/C13H22O5/c1-12(2)15-6-7-8(16-12)5-9-11(10(7)14)18-13(3,4)17-9/h7-11,14H,5-6H2,1-4H3/t7-,8+,9+,10-,11+/m1/s1. The van der Waals surface area contributed by atoms with Gasteiger partial charge in [-0.2, -0.15) is 0 Å². The van der Waals surface area contributed by atoms with Crippen LogP contribution in [0.15, 0.2) is 0 Å². The van der Waals surface area contributed by atoms with Gasteiger partial charge >= 0.3 is 0 Å². The lowest BCUT2D eigenvalue weighted by atomic mass is 9.80. The van der Waals surface area contributed by atoms with Crippen molar-refractivity contribution < 1.29 is 24.1 Å². The van der Waals surface area contributed by atoms with Gasteiger partial charge in [0, 0.05) is 12.3 Å². The maximum atomic E-state index is 10.4. The lowest BCUT2D eigenvalue weighted by Gasteiger charge is -2.47. The van der Waals surface area contributed by atoms with Gasteiger partial charge in [0.2, 0.25) is 0 Å². The number of hydrogen-bond acceptors (Lipinski definition) is 5. The molecule has 3 fully saturated rings. The smallest absolute Gasteiger partial charge is 0.163 e. The largest absolute Gasteiger partial charge is 0.390 e. The van der Waals surface area contributed by atoms with Gasteiger partial charge in [0.15, 0.2) is 11.6 Å². The predicted octanol–water partition coefficient (Wildman–Crippen LogP) is 1.04. The van der Waals surface area contributed by atoms with E-state index in [1.807, 2.05) is 27.7 Å². The highest BCUT2D eigenvalue weighted by Gasteiger charge is 2.55. The van der Waals surface area contributed by atoms with Crippen molar-refractivity contribution in [1.82, 2.24) is 0 Å². The zero-order valence-electron chi connectivity index (χ0n) is 11.4. The fourth-order valence-electron chi connectivity index (χ4n) is 3.24. The molecule has 104 valence electrons. The molecule has 18 heavy (non-hydrogen) atoms. The van der Waals surface area contributed by atoms with Crippen molar-refractivity contribution in [2.45, 2.75) is 70.1 Å². The average Bonchev–Trinajstić information content (AvgIpc) is 2.51. The first-order chi connectivity index (χ1) is 8.27. The van der Waals surface area contributed by atoms with Gasteiger partial charge in [-0.1, -0.05) is 0 Å². The van der Waals surface area contributed by atoms with E-state index in [4.69, 9.17) is 18.9 Å². The van der Waals surface area contributed by atoms with Crippen LogP contribution >= 0.6 is 0 Å². The first kappa shape index (κ1) is 12.8. The molecule has 5 heteroatoms. The molecule has 1 aliphatic carbocycles. The van der Waals surface area contributed by atoms with E-state index in [9.17, 15) is 5.11 Å². The molecule has 1 saturated carbocycles. The Morgan fingerprint density at radius 1 is 0.944 bits per heavy atom. The van der Waals surface area contributed by atoms with E-state index in [1.165, 1.54) is 0 Å². The first-order valence-electron chi connectivity index (χ1n) is 6.63. The normalized spacial score (nSPS) is 49.5. The number of aliphatic hydroxyl groups excluding tert-OH is 1. The molecule has 2 heterocycles. The lowest BCUT2D eigenvalue weighted by Crippen LogP contribution is -2.59. The van der Waals surface area contributed by atoms with E-state index >= 15 is 0 Å². The molecule has 0 bridgehead atoms. The zero-order valence-corrected chi connectivity index (χ0v) is 11.4. The van der Waals surface area contributed by atoms with Crippen LogP contribution in [0.4, 0.5) is 0 Å². The zero-order chi connectivity index (χ0) is 13.1. The van der Waals surface area contributed by atoms with Gasteiger partial charge in [0.25, 0.3) is 0 Å². The Morgan fingerprint density at radius 3 is 2.33 bits per heavy atom. The van der Waals surface area contributed by atoms with E-state index in [0.29, 0.717) is 6.61 Å². The maximum Gasteiger partial charge on any atom is 0.163 e. The molecule has 0 aromatic rings. The van der Waals surface area contributed by atoms with Gasteiger partial charge in [-0.3, -0.25) is 0 Å². The molecule has 2 saturated heterocycles. The van der Waals surface area contributed by atoms with Gasteiger partial charge in [0.05, 0.1) is 24.9 Å². The van der Waals surface area contributed by atoms with Crippen molar-refractivity contribution in [2.24, 2.45) is 5.92 Å². The first-order valence-corrected chi connectivity index (χ1v) is 6.63. The molecule has 5 atom stereocenters. The minimum absolute atomic E-state index is 0.0255. The molecule has 0 aromatic carbocycles. The van der Waals surface area contributed by atoms with E-state index in [-0.39, 0.29) is 24.2 Å².